The highest BCUT2D eigenvalue weighted by Crippen LogP contribution is 2.28. The molecule has 1 aliphatic heterocycles. The van der Waals surface area contributed by atoms with E-state index in [1.54, 1.807) is 30.3 Å². The van der Waals surface area contributed by atoms with E-state index in [9.17, 15) is 13.2 Å². The van der Waals surface area contributed by atoms with Gasteiger partial charge in [0.2, 0.25) is 5.91 Å². The standard InChI is InChI=1S/C22H28N2O4S/c1-16-7-10-20(11-8-16)29(26,27)24(21-13-17(2)6-9-18(21)3)15-22(25)23-14-19-5-4-12-28-19/h6-11,13,19H,4-5,12,14-15H2,1-3H3,(H,23,25). The zero-order valence-electron chi connectivity index (χ0n) is 17.1. The number of nitrogens with one attached hydrogen (secondary N) is 1. The maximum atomic E-state index is 13.4. The van der Waals surface area contributed by atoms with Crippen molar-refractivity contribution in [2.45, 2.75) is 44.6 Å². The molecule has 3 rings (SSSR count). The topological polar surface area (TPSA) is 75.7 Å². The Morgan fingerprint density at radius 3 is 2.45 bits per heavy atom. The van der Waals surface area contributed by atoms with Gasteiger partial charge in [-0.05, 0) is 62.9 Å². The van der Waals surface area contributed by atoms with Crippen LogP contribution >= 0.6 is 0 Å². The first kappa shape index (κ1) is 21.3. The van der Waals surface area contributed by atoms with Crippen LogP contribution in [0.4, 0.5) is 5.69 Å². The van der Waals surface area contributed by atoms with Crippen LogP contribution in [0.5, 0.6) is 0 Å². The van der Waals surface area contributed by atoms with Crippen molar-refractivity contribution >= 4 is 21.6 Å². The molecule has 0 aliphatic carbocycles. The van der Waals surface area contributed by atoms with Crippen LogP contribution in [0.2, 0.25) is 0 Å². The molecule has 1 heterocycles. The molecule has 156 valence electrons. The van der Waals surface area contributed by atoms with Gasteiger partial charge in [-0.2, -0.15) is 0 Å². The molecular weight excluding hydrogens is 388 g/mol. The van der Waals surface area contributed by atoms with E-state index in [4.69, 9.17) is 4.74 Å². The molecule has 0 aromatic heterocycles. The Balaban J connectivity index is 1.90. The second-order valence-electron chi connectivity index (χ2n) is 7.55. The minimum atomic E-state index is -3.90. The molecular formula is C22H28N2O4S. The minimum absolute atomic E-state index is 0.00168. The predicted octanol–water partition coefficient (Wildman–Crippen LogP) is 3.10. The molecule has 2 aromatic rings. The normalized spacial score (nSPS) is 16.6. The first-order chi connectivity index (χ1) is 13.8. The molecule has 1 atom stereocenters. The van der Waals surface area contributed by atoms with Gasteiger partial charge in [-0.15, -0.1) is 0 Å². The summed E-state index contributed by atoms with van der Waals surface area (Å²) < 4.78 is 33.6. The summed E-state index contributed by atoms with van der Waals surface area (Å²) in [6.45, 7) is 6.46. The molecule has 1 amide bonds. The summed E-state index contributed by atoms with van der Waals surface area (Å²) in [4.78, 5) is 12.8. The molecule has 1 N–H and O–H groups in total. The third kappa shape index (κ3) is 5.16. The molecule has 1 unspecified atom stereocenters. The molecule has 0 spiro atoms. The number of rotatable bonds is 7. The summed E-state index contributed by atoms with van der Waals surface area (Å²) in [5, 5.41) is 2.82. The van der Waals surface area contributed by atoms with E-state index in [0.29, 0.717) is 18.8 Å². The zero-order valence-corrected chi connectivity index (χ0v) is 18.0. The summed E-state index contributed by atoms with van der Waals surface area (Å²) >= 11 is 0. The maximum absolute atomic E-state index is 13.4. The number of nitrogens with zero attached hydrogens (tertiary/aromatic N) is 1. The largest absolute Gasteiger partial charge is 0.376 e. The van der Waals surface area contributed by atoms with E-state index in [-0.39, 0.29) is 23.5 Å². The Morgan fingerprint density at radius 2 is 1.79 bits per heavy atom. The van der Waals surface area contributed by atoms with E-state index < -0.39 is 10.0 Å². The van der Waals surface area contributed by atoms with Crippen LogP contribution in [0.15, 0.2) is 47.4 Å². The number of hydrogen-bond donors (Lipinski definition) is 1. The van der Waals surface area contributed by atoms with E-state index in [2.05, 4.69) is 5.32 Å². The predicted molar refractivity (Wildman–Crippen MR) is 114 cm³/mol. The van der Waals surface area contributed by atoms with Crippen LogP contribution in [-0.2, 0) is 19.6 Å². The van der Waals surface area contributed by atoms with Gasteiger partial charge in [-0.3, -0.25) is 9.10 Å². The molecule has 0 radical (unpaired) electrons. The van der Waals surface area contributed by atoms with Gasteiger partial charge in [0.15, 0.2) is 0 Å². The van der Waals surface area contributed by atoms with Crippen LogP contribution in [0.1, 0.15) is 29.5 Å². The summed E-state index contributed by atoms with van der Waals surface area (Å²) in [5.41, 5.74) is 3.20. The van der Waals surface area contributed by atoms with Crippen molar-refractivity contribution in [3.05, 3.63) is 59.2 Å². The highest BCUT2D eigenvalue weighted by molar-refractivity contribution is 7.92. The van der Waals surface area contributed by atoms with Gasteiger partial charge in [0.1, 0.15) is 6.54 Å². The minimum Gasteiger partial charge on any atom is -0.376 e. The SMILES string of the molecule is Cc1ccc(S(=O)(=O)N(CC(=O)NCC2CCCO2)c2cc(C)ccc2C)cc1. The fraction of sp³-hybridized carbons (Fsp3) is 0.409. The van der Waals surface area contributed by atoms with Crippen molar-refractivity contribution in [2.24, 2.45) is 0 Å². The first-order valence-electron chi connectivity index (χ1n) is 9.82. The lowest BCUT2D eigenvalue weighted by Gasteiger charge is -2.26. The van der Waals surface area contributed by atoms with Crippen LogP contribution in [0, 0.1) is 20.8 Å². The summed E-state index contributed by atoms with van der Waals surface area (Å²) in [7, 11) is -3.90. The van der Waals surface area contributed by atoms with Crippen LogP contribution in [0.3, 0.4) is 0 Å². The fourth-order valence-corrected chi connectivity index (χ4v) is 4.82. The first-order valence-corrected chi connectivity index (χ1v) is 11.3. The number of ether oxygens (including phenoxy) is 1. The van der Waals surface area contributed by atoms with Gasteiger partial charge in [0, 0.05) is 13.2 Å². The average molecular weight is 417 g/mol. The third-order valence-electron chi connectivity index (χ3n) is 5.08. The summed E-state index contributed by atoms with van der Waals surface area (Å²) in [5.74, 6) is -0.350. The molecule has 2 aromatic carbocycles. The number of carbonyl (C=O) groups is 1. The monoisotopic (exact) mass is 416 g/mol. The number of benzene rings is 2. The van der Waals surface area contributed by atoms with Gasteiger partial charge >= 0.3 is 0 Å². The average Bonchev–Trinajstić information content (AvgIpc) is 3.20. The van der Waals surface area contributed by atoms with Crippen molar-refractivity contribution in [1.29, 1.82) is 0 Å². The van der Waals surface area contributed by atoms with Crippen molar-refractivity contribution in [3.8, 4) is 0 Å². The Kier molecular flexibility index (Phi) is 6.59. The van der Waals surface area contributed by atoms with E-state index in [0.717, 1.165) is 29.5 Å². The number of amides is 1. The second-order valence-corrected chi connectivity index (χ2v) is 9.42. The van der Waals surface area contributed by atoms with Gasteiger partial charge in [0.25, 0.3) is 10.0 Å². The number of hydrogen-bond acceptors (Lipinski definition) is 4. The second kappa shape index (κ2) is 8.97. The van der Waals surface area contributed by atoms with Crippen molar-refractivity contribution in [3.63, 3.8) is 0 Å². The van der Waals surface area contributed by atoms with Crippen molar-refractivity contribution in [1.82, 2.24) is 5.32 Å². The molecule has 7 heteroatoms. The summed E-state index contributed by atoms with van der Waals surface area (Å²) in [6, 6.07) is 12.3. The van der Waals surface area contributed by atoms with E-state index in [1.807, 2.05) is 32.9 Å². The molecule has 0 saturated carbocycles. The van der Waals surface area contributed by atoms with E-state index in [1.165, 1.54) is 4.31 Å². The van der Waals surface area contributed by atoms with Crippen LogP contribution < -0.4 is 9.62 Å². The molecule has 6 nitrogen and oxygen atoms in total. The van der Waals surface area contributed by atoms with Crippen LogP contribution in [-0.4, -0.2) is 40.1 Å². The molecule has 0 bridgehead atoms. The Hall–Kier alpha value is -2.38. The van der Waals surface area contributed by atoms with Crippen LogP contribution in [0.25, 0.3) is 0 Å². The quantitative estimate of drug-likeness (QED) is 0.753. The zero-order chi connectivity index (χ0) is 21.0. The van der Waals surface area contributed by atoms with Crippen molar-refractivity contribution < 1.29 is 17.9 Å². The number of sulfonamides is 1. The van der Waals surface area contributed by atoms with E-state index >= 15 is 0 Å². The van der Waals surface area contributed by atoms with Crippen molar-refractivity contribution in [2.75, 3.05) is 24.0 Å². The number of aryl methyl sites for hydroxylation is 3. The van der Waals surface area contributed by atoms with Gasteiger partial charge in [-0.25, -0.2) is 8.42 Å². The molecule has 1 aliphatic rings. The van der Waals surface area contributed by atoms with Gasteiger partial charge < -0.3 is 10.1 Å². The highest BCUT2D eigenvalue weighted by Gasteiger charge is 2.28. The highest BCUT2D eigenvalue weighted by atomic mass is 32.2. The maximum Gasteiger partial charge on any atom is 0.264 e. The van der Waals surface area contributed by atoms with Gasteiger partial charge in [0.05, 0.1) is 16.7 Å². The Labute approximate surface area is 172 Å². The Morgan fingerprint density at radius 1 is 1.10 bits per heavy atom. The Bertz CT molecular complexity index is 965. The molecule has 1 saturated heterocycles. The fourth-order valence-electron chi connectivity index (χ4n) is 3.34. The number of anilines is 1. The molecule has 1 fully saturated rings. The lowest BCUT2D eigenvalue weighted by Crippen LogP contribution is -2.43. The molecule has 29 heavy (non-hydrogen) atoms. The third-order valence-corrected chi connectivity index (χ3v) is 6.85. The van der Waals surface area contributed by atoms with Gasteiger partial charge in [-0.1, -0.05) is 29.8 Å². The smallest absolute Gasteiger partial charge is 0.264 e. The summed E-state index contributed by atoms with van der Waals surface area (Å²) in [6.07, 6.45) is 1.89. The lowest BCUT2D eigenvalue weighted by molar-refractivity contribution is -0.120. The number of carbonyl (C=O) groups excluding carboxylic acids is 1. The lowest BCUT2D eigenvalue weighted by atomic mass is 10.1.